The molecule has 0 aromatic heterocycles. The second-order valence-corrected chi connectivity index (χ2v) is 2.72. The van der Waals surface area contributed by atoms with Crippen molar-refractivity contribution in [2.24, 2.45) is 0 Å². The molecule has 0 bridgehead atoms. The molecule has 0 saturated heterocycles. The molecular formula is C8H15N. The van der Waals surface area contributed by atoms with Gasteiger partial charge in [0.1, 0.15) is 0 Å². The van der Waals surface area contributed by atoms with Crippen molar-refractivity contribution < 1.29 is 0 Å². The Bertz CT molecular complexity index is 65.0. The van der Waals surface area contributed by atoms with Gasteiger partial charge in [-0.25, -0.2) is 0 Å². The molecule has 1 heteroatoms. The lowest BCUT2D eigenvalue weighted by atomic mass is 10.2. The van der Waals surface area contributed by atoms with Gasteiger partial charge in [-0.2, -0.15) is 0 Å². The molecular weight excluding hydrogens is 110 g/mol. The summed E-state index contributed by atoms with van der Waals surface area (Å²) in [5, 5.41) is 3.41. The summed E-state index contributed by atoms with van der Waals surface area (Å²) >= 11 is 0. The molecule has 2 radical (unpaired) electrons. The Balaban J connectivity index is 1.98. The molecule has 0 unspecified atom stereocenters. The highest BCUT2D eigenvalue weighted by molar-refractivity contribution is 4.73. The van der Waals surface area contributed by atoms with Gasteiger partial charge in [0.25, 0.3) is 0 Å². The van der Waals surface area contributed by atoms with Gasteiger partial charge in [-0.15, -0.1) is 0 Å². The van der Waals surface area contributed by atoms with Crippen molar-refractivity contribution in [1.82, 2.24) is 5.32 Å². The van der Waals surface area contributed by atoms with Crippen LogP contribution in [-0.2, 0) is 0 Å². The van der Waals surface area contributed by atoms with Crippen LogP contribution < -0.4 is 5.32 Å². The first-order chi connectivity index (χ1) is 4.43. The highest BCUT2D eigenvalue weighted by Crippen LogP contribution is 2.17. The molecule has 0 amide bonds. The zero-order valence-corrected chi connectivity index (χ0v) is 5.90. The fourth-order valence-corrected chi connectivity index (χ4v) is 1.42. The summed E-state index contributed by atoms with van der Waals surface area (Å²) in [4.78, 5) is 0. The number of rotatable bonds is 3. The van der Waals surface area contributed by atoms with Crippen LogP contribution in [0.4, 0.5) is 0 Å². The minimum absolute atomic E-state index is 0.774. The summed E-state index contributed by atoms with van der Waals surface area (Å²) in [5.41, 5.74) is 0. The summed E-state index contributed by atoms with van der Waals surface area (Å²) in [7, 11) is 0. The van der Waals surface area contributed by atoms with Gasteiger partial charge in [0.05, 0.1) is 0 Å². The van der Waals surface area contributed by atoms with Crippen LogP contribution in [0, 0.1) is 6.92 Å². The zero-order valence-electron chi connectivity index (χ0n) is 5.90. The minimum atomic E-state index is 0.774. The molecule has 52 valence electrons. The summed E-state index contributed by atoms with van der Waals surface area (Å²) in [6.07, 6.45) is 6.31. The molecule has 1 rings (SSSR count). The predicted octanol–water partition coefficient (Wildman–Crippen LogP) is 1.62. The Morgan fingerprint density at radius 2 is 2.00 bits per heavy atom. The molecule has 0 heterocycles. The Hall–Kier alpha value is -0.0400. The molecule has 0 aromatic rings. The van der Waals surface area contributed by atoms with E-state index >= 15 is 0 Å². The van der Waals surface area contributed by atoms with E-state index in [0.717, 1.165) is 19.0 Å². The smallest absolute Gasteiger partial charge is 0.00670 e. The first-order valence-corrected chi connectivity index (χ1v) is 3.87. The van der Waals surface area contributed by atoms with Crippen LogP contribution in [0.1, 0.15) is 32.1 Å². The third-order valence-electron chi connectivity index (χ3n) is 1.93. The lowest BCUT2D eigenvalue weighted by Crippen LogP contribution is -2.26. The van der Waals surface area contributed by atoms with E-state index in [9.17, 15) is 0 Å². The molecule has 1 N–H and O–H groups in total. The lowest BCUT2D eigenvalue weighted by Gasteiger charge is -2.08. The Kier molecular flexibility index (Phi) is 3.05. The summed E-state index contributed by atoms with van der Waals surface area (Å²) in [5.74, 6) is 0. The second kappa shape index (κ2) is 3.89. The van der Waals surface area contributed by atoms with E-state index in [2.05, 4.69) is 5.32 Å². The van der Waals surface area contributed by atoms with Crippen LogP contribution in [0.2, 0.25) is 0 Å². The molecule has 0 atom stereocenters. The molecule has 9 heavy (non-hydrogen) atoms. The third kappa shape index (κ3) is 2.35. The molecule has 1 saturated carbocycles. The Morgan fingerprint density at radius 1 is 1.33 bits per heavy atom. The maximum atomic E-state index is 5.34. The van der Waals surface area contributed by atoms with Crippen molar-refractivity contribution >= 4 is 0 Å². The monoisotopic (exact) mass is 125 g/mol. The predicted molar refractivity (Wildman–Crippen MR) is 39.2 cm³/mol. The third-order valence-corrected chi connectivity index (χ3v) is 1.93. The van der Waals surface area contributed by atoms with Gasteiger partial charge in [0, 0.05) is 6.04 Å². The molecule has 0 aromatic carbocycles. The quantitative estimate of drug-likeness (QED) is 0.604. The van der Waals surface area contributed by atoms with Crippen LogP contribution in [0.5, 0.6) is 0 Å². The van der Waals surface area contributed by atoms with Crippen LogP contribution in [-0.4, -0.2) is 12.6 Å². The lowest BCUT2D eigenvalue weighted by molar-refractivity contribution is 0.530. The molecule has 1 fully saturated rings. The van der Waals surface area contributed by atoms with E-state index in [1.807, 2.05) is 0 Å². The van der Waals surface area contributed by atoms with E-state index in [0.29, 0.717) is 0 Å². The highest BCUT2D eigenvalue weighted by Gasteiger charge is 2.12. The molecule has 1 aliphatic carbocycles. The van der Waals surface area contributed by atoms with Gasteiger partial charge in [-0.3, -0.25) is 0 Å². The zero-order chi connectivity index (χ0) is 6.53. The molecule has 1 aliphatic rings. The van der Waals surface area contributed by atoms with E-state index in [1.54, 1.807) is 0 Å². The van der Waals surface area contributed by atoms with Crippen molar-refractivity contribution in [3.63, 3.8) is 0 Å². The first kappa shape index (κ1) is 7.07. The normalized spacial score (nSPS) is 21.0. The van der Waals surface area contributed by atoms with E-state index in [1.165, 1.54) is 25.7 Å². The number of nitrogens with one attached hydrogen (secondary N) is 1. The Labute approximate surface area is 57.8 Å². The fourth-order valence-electron chi connectivity index (χ4n) is 1.42. The highest BCUT2D eigenvalue weighted by atomic mass is 14.9. The largest absolute Gasteiger partial charge is 0.314 e. The fraction of sp³-hybridized carbons (Fsp3) is 0.875. The average Bonchev–Trinajstić information content (AvgIpc) is 2.34. The van der Waals surface area contributed by atoms with Crippen molar-refractivity contribution in [2.45, 2.75) is 38.1 Å². The van der Waals surface area contributed by atoms with E-state index in [4.69, 9.17) is 6.92 Å². The van der Waals surface area contributed by atoms with Crippen LogP contribution in [0.25, 0.3) is 0 Å². The van der Waals surface area contributed by atoms with Crippen molar-refractivity contribution in [1.29, 1.82) is 0 Å². The number of hydrogen-bond donors (Lipinski definition) is 1. The van der Waals surface area contributed by atoms with Gasteiger partial charge < -0.3 is 5.32 Å². The van der Waals surface area contributed by atoms with Crippen LogP contribution >= 0.6 is 0 Å². The summed E-state index contributed by atoms with van der Waals surface area (Å²) in [6, 6.07) is 0.786. The van der Waals surface area contributed by atoms with Gasteiger partial charge in [0.15, 0.2) is 0 Å². The average molecular weight is 125 g/mol. The SMILES string of the molecule is [CH]CCNC1CCCC1. The maximum absolute atomic E-state index is 5.34. The summed E-state index contributed by atoms with van der Waals surface area (Å²) < 4.78 is 0. The van der Waals surface area contributed by atoms with Gasteiger partial charge in [-0.1, -0.05) is 12.8 Å². The van der Waals surface area contributed by atoms with Crippen molar-refractivity contribution in [2.75, 3.05) is 6.54 Å². The molecule has 0 spiro atoms. The second-order valence-electron chi connectivity index (χ2n) is 2.72. The topological polar surface area (TPSA) is 12.0 Å². The van der Waals surface area contributed by atoms with E-state index < -0.39 is 0 Å². The standard InChI is InChI=1S/C8H15N/c1-2-7-9-8-5-3-4-6-8/h1,8-9H,2-7H2. The molecule has 1 nitrogen and oxygen atoms in total. The summed E-state index contributed by atoms with van der Waals surface area (Å²) in [6.45, 7) is 6.33. The van der Waals surface area contributed by atoms with Crippen LogP contribution in [0.15, 0.2) is 0 Å². The van der Waals surface area contributed by atoms with Crippen molar-refractivity contribution in [3.05, 3.63) is 6.92 Å². The maximum Gasteiger partial charge on any atom is 0.00670 e. The number of hydrogen-bond acceptors (Lipinski definition) is 1. The van der Waals surface area contributed by atoms with E-state index in [-0.39, 0.29) is 0 Å². The van der Waals surface area contributed by atoms with Gasteiger partial charge >= 0.3 is 0 Å². The van der Waals surface area contributed by atoms with Gasteiger partial charge in [0.2, 0.25) is 0 Å². The van der Waals surface area contributed by atoms with Crippen molar-refractivity contribution in [3.8, 4) is 0 Å². The van der Waals surface area contributed by atoms with Gasteiger partial charge in [-0.05, 0) is 32.7 Å². The Morgan fingerprint density at radius 3 is 2.56 bits per heavy atom. The van der Waals surface area contributed by atoms with Crippen LogP contribution in [0.3, 0.4) is 0 Å². The minimum Gasteiger partial charge on any atom is -0.314 e. The first-order valence-electron chi connectivity index (χ1n) is 3.87. The molecule has 0 aliphatic heterocycles.